The highest BCUT2D eigenvalue weighted by Gasteiger charge is 2.18. The Bertz CT molecular complexity index is 659. The first-order chi connectivity index (χ1) is 7.91. The molecule has 5 heteroatoms. The van der Waals surface area contributed by atoms with E-state index in [1.165, 1.54) is 16.4 Å². The van der Waals surface area contributed by atoms with Crippen LogP contribution in [0.4, 0.5) is 0 Å². The monoisotopic (exact) mass is 313 g/mol. The highest BCUT2D eigenvalue weighted by atomic mass is 79.9. The summed E-state index contributed by atoms with van der Waals surface area (Å²) in [6.07, 6.45) is 3.06. The van der Waals surface area contributed by atoms with Gasteiger partial charge >= 0.3 is 0 Å². The number of hydrogen-bond donors (Lipinski definition) is 0. The first-order valence-electron chi connectivity index (χ1n) is 5.07. The fourth-order valence-electron chi connectivity index (χ4n) is 1.70. The summed E-state index contributed by atoms with van der Waals surface area (Å²) in [6.45, 7) is 3.74. The van der Waals surface area contributed by atoms with Crippen LogP contribution in [0.2, 0.25) is 0 Å². The third kappa shape index (κ3) is 2.30. The molecule has 0 aliphatic rings. The van der Waals surface area contributed by atoms with Gasteiger partial charge in [-0.1, -0.05) is 17.7 Å². The van der Waals surface area contributed by atoms with E-state index in [1.54, 1.807) is 25.1 Å². The van der Waals surface area contributed by atoms with E-state index in [9.17, 15) is 8.42 Å². The fraction of sp³-hybridized carbons (Fsp3) is 0.167. The van der Waals surface area contributed by atoms with Crippen LogP contribution in [0.1, 0.15) is 11.1 Å². The lowest BCUT2D eigenvalue weighted by molar-refractivity contribution is 0.587. The Morgan fingerprint density at radius 1 is 1.18 bits per heavy atom. The summed E-state index contributed by atoms with van der Waals surface area (Å²) in [5, 5.41) is 0. The molecule has 0 saturated carbocycles. The number of rotatable bonds is 2. The SMILES string of the molecule is Cc1ccc(S(=O)(=O)n2ccc(Br)c2)c(C)c1. The van der Waals surface area contributed by atoms with Crippen molar-refractivity contribution in [3.05, 3.63) is 52.3 Å². The van der Waals surface area contributed by atoms with Crippen LogP contribution in [0.3, 0.4) is 0 Å². The molecule has 0 unspecified atom stereocenters. The molecule has 17 heavy (non-hydrogen) atoms. The van der Waals surface area contributed by atoms with Crippen molar-refractivity contribution in [2.45, 2.75) is 18.7 Å². The average molecular weight is 314 g/mol. The van der Waals surface area contributed by atoms with Gasteiger partial charge in [-0.2, -0.15) is 0 Å². The van der Waals surface area contributed by atoms with Gasteiger partial charge in [-0.25, -0.2) is 12.4 Å². The minimum absolute atomic E-state index is 0.339. The molecule has 1 heterocycles. The van der Waals surface area contributed by atoms with Crippen molar-refractivity contribution in [1.29, 1.82) is 0 Å². The molecule has 0 atom stereocenters. The average Bonchev–Trinajstić information content (AvgIpc) is 2.64. The second kappa shape index (κ2) is 4.31. The lowest BCUT2D eigenvalue weighted by Crippen LogP contribution is -2.12. The van der Waals surface area contributed by atoms with Crippen LogP contribution >= 0.6 is 15.9 Å². The Morgan fingerprint density at radius 3 is 2.41 bits per heavy atom. The van der Waals surface area contributed by atoms with E-state index in [0.29, 0.717) is 4.90 Å². The minimum Gasteiger partial charge on any atom is -0.248 e. The third-order valence-electron chi connectivity index (χ3n) is 2.52. The molecule has 2 rings (SSSR count). The second-order valence-electron chi connectivity index (χ2n) is 3.93. The Morgan fingerprint density at radius 2 is 1.88 bits per heavy atom. The standard InChI is InChI=1S/C12H12BrNO2S/c1-9-3-4-12(10(2)7-9)17(15,16)14-6-5-11(13)8-14/h3-8H,1-2H3. The van der Waals surface area contributed by atoms with Gasteiger partial charge in [-0.05, 0) is 47.5 Å². The highest BCUT2D eigenvalue weighted by molar-refractivity contribution is 9.10. The summed E-state index contributed by atoms with van der Waals surface area (Å²) in [6, 6.07) is 7.01. The third-order valence-corrected chi connectivity index (χ3v) is 4.78. The molecule has 3 nitrogen and oxygen atoms in total. The maximum atomic E-state index is 12.3. The topological polar surface area (TPSA) is 39.1 Å². The van der Waals surface area contributed by atoms with E-state index in [-0.39, 0.29) is 0 Å². The molecule has 0 aliphatic heterocycles. The Hall–Kier alpha value is -1.07. The van der Waals surface area contributed by atoms with Crippen LogP contribution in [0.15, 0.2) is 46.0 Å². The van der Waals surface area contributed by atoms with Crippen LogP contribution in [0, 0.1) is 13.8 Å². The van der Waals surface area contributed by atoms with Crippen molar-refractivity contribution in [1.82, 2.24) is 3.97 Å². The Balaban J connectivity index is 2.60. The molecule has 2 aromatic rings. The molecule has 0 spiro atoms. The predicted molar refractivity (Wildman–Crippen MR) is 70.6 cm³/mol. The van der Waals surface area contributed by atoms with Crippen molar-refractivity contribution in [3.63, 3.8) is 0 Å². The molecule has 1 aromatic heterocycles. The van der Waals surface area contributed by atoms with Gasteiger partial charge in [0.2, 0.25) is 0 Å². The number of hydrogen-bond acceptors (Lipinski definition) is 2. The van der Waals surface area contributed by atoms with Gasteiger partial charge in [-0.3, -0.25) is 0 Å². The van der Waals surface area contributed by atoms with E-state index >= 15 is 0 Å². The summed E-state index contributed by atoms with van der Waals surface area (Å²) < 4.78 is 26.6. The van der Waals surface area contributed by atoms with Crippen LogP contribution in [-0.4, -0.2) is 12.4 Å². The summed E-state index contributed by atoms with van der Waals surface area (Å²) in [5.41, 5.74) is 1.81. The molecule has 0 aliphatic carbocycles. The number of aryl methyl sites for hydroxylation is 2. The smallest absolute Gasteiger partial charge is 0.248 e. The summed E-state index contributed by atoms with van der Waals surface area (Å²) >= 11 is 3.24. The van der Waals surface area contributed by atoms with Crippen LogP contribution < -0.4 is 0 Å². The zero-order valence-electron chi connectivity index (χ0n) is 9.51. The van der Waals surface area contributed by atoms with Gasteiger partial charge in [0.15, 0.2) is 0 Å². The molecule has 0 saturated heterocycles. The van der Waals surface area contributed by atoms with Gasteiger partial charge in [0.05, 0.1) is 4.90 Å². The Labute approximate surface area is 109 Å². The van der Waals surface area contributed by atoms with Crippen LogP contribution in [-0.2, 0) is 10.0 Å². The number of aromatic nitrogens is 1. The molecule has 0 bridgehead atoms. The largest absolute Gasteiger partial charge is 0.267 e. The molecule has 0 amide bonds. The molecule has 1 aromatic carbocycles. The normalized spacial score (nSPS) is 11.7. The first kappa shape index (κ1) is 12.4. The Kier molecular flexibility index (Phi) is 3.14. The van der Waals surface area contributed by atoms with E-state index in [2.05, 4.69) is 15.9 Å². The summed E-state index contributed by atoms with van der Waals surface area (Å²) in [7, 11) is -3.48. The number of nitrogens with zero attached hydrogens (tertiary/aromatic N) is 1. The predicted octanol–water partition coefficient (Wildman–Crippen LogP) is 3.10. The van der Waals surface area contributed by atoms with Gasteiger partial charge in [0.1, 0.15) is 0 Å². The number of halogens is 1. The van der Waals surface area contributed by atoms with Crippen molar-refractivity contribution >= 4 is 26.0 Å². The van der Waals surface area contributed by atoms with Crippen molar-refractivity contribution < 1.29 is 8.42 Å². The van der Waals surface area contributed by atoms with Gasteiger partial charge in [0.25, 0.3) is 10.0 Å². The fourth-order valence-corrected chi connectivity index (χ4v) is 3.58. The van der Waals surface area contributed by atoms with E-state index in [0.717, 1.165) is 15.6 Å². The van der Waals surface area contributed by atoms with Crippen molar-refractivity contribution in [3.8, 4) is 0 Å². The maximum absolute atomic E-state index is 12.3. The summed E-state index contributed by atoms with van der Waals surface area (Å²) in [5.74, 6) is 0. The van der Waals surface area contributed by atoms with Gasteiger partial charge in [-0.15, -0.1) is 0 Å². The lowest BCUT2D eigenvalue weighted by Gasteiger charge is -2.09. The van der Waals surface area contributed by atoms with E-state index in [4.69, 9.17) is 0 Å². The zero-order valence-corrected chi connectivity index (χ0v) is 11.9. The summed E-state index contributed by atoms with van der Waals surface area (Å²) in [4.78, 5) is 0.339. The minimum atomic E-state index is -3.48. The lowest BCUT2D eigenvalue weighted by atomic mass is 10.2. The molecular weight excluding hydrogens is 302 g/mol. The molecule has 0 fully saturated rings. The molecule has 0 radical (unpaired) electrons. The van der Waals surface area contributed by atoms with Gasteiger partial charge < -0.3 is 0 Å². The molecule has 90 valence electrons. The maximum Gasteiger partial charge on any atom is 0.267 e. The van der Waals surface area contributed by atoms with E-state index in [1.807, 2.05) is 13.0 Å². The molecule has 0 N–H and O–H groups in total. The first-order valence-corrected chi connectivity index (χ1v) is 7.31. The molecular formula is C12H12BrNO2S. The van der Waals surface area contributed by atoms with Crippen molar-refractivity contribution in [2.24, 2.45) is 0 Å². The van der Waals surface area contributed by atoms with Gasteiger partial charge in [0, 0.05) is 16.9 Å². The van der Waals surface area contributed by atoms with E-state index < -0.39 is 10.0 Å². The van der Waals surface area contributed by atoms with Crippen molar-refractivity contribution in [2.75, 3.05) is 0 Å². The highest BCUT2D eigenvalue weighted by Crippen LogP contribution is 2.21. The number of benzene rings is 1. The second-order valence-corrected chi connectivity index (χ2v) is 6.66. The van der Waals surface area contributed by atoms with Crippen LogP contribution in [0.5, 0.6) is 0 Å². The van der Waals surface area contributed by atoms with Crippen LogP contribution in [0.25, 0.3) is 0 Å². The quantitative estimate of drug-likeness (QED) is 0.854. The zero-order chi connectivity index (χ0) is 12.6.